The van der Waals surface area contributed by atoms with Crippen LogP contribution >= 0.6 is 11.6 Å². The van der Waals surface area contributed by atoms with Crippen molar-refractivity contribution in [3.05, 3.63) is 58.8 Å². The number of halogens is 1. The van der Waals surface area contributed by atoms with E-state index in [1.165, 1.54) is 18.2 Å². The third-order valence-electron chi connectivity index (χ3n) is 3.10. The number of carbonyl (C=O) groups is 1. The molecule has 0 saturated heterocycles. The van der Waals surface area contributed by atoms with Gasteiger partial charge in [0.15, 0.2) is 5.76 Å². The van der Waals surface area contributed by atoms with Crippen LogP contribution < -0.4 is 5.32 Å². The minimum absolute atomic E-state index is 0.0558. The van der Waals surface area contributed by atoms with Crippen molar-refractivity contribution in [2.75, 3.05) is 5.32 Å². The van der Waals surface area contributed by atoms with Gasteiger partial charge in [0.1, 0.15) is 11.3 Å². The van der Waals surface area contributed by atoms with Crippen molar-refractivity contribution in [3.8, 4) is 5.75 Å². The zero-order chi connectivity index (χ0) is 15.0. The zero-order valence-electron chi connectivity index (χ0n) is 11.2. The normalized spacial score (nSPS) is 10.8. The fourth-order valence-corrected chi connectivity index (χ4v) is 2.24. The number of anilines is 1. The number of carbonyl (C=O) groups excluding carboxylic acids is 1. The Bertz CT molecular complexity index is 839. The van der Waals surface area contributed by atoms with E-state index in [-0.39, 0.29) is 17.2 Å². The van der Waals surface area contributed by atoms with Crippen LogP contribution in [0.5, 0.6) is 5.75 Å². The van der Waals surface area contributed by atoms with E-state index in [9.17, 15) is 9.90 Å². The molecule has 0 bridgehead atoms. The first-order valence-electron chi connectivity index (χ1n) is 6.33. The molecule has 1 aromatic heterocycles. The van der Waals surface area contributed by atoms with Gasteiger partial charge in [0, 0.05) is 10.4 Å². The number of phenolic OH excluding ortho intramolecular Hbond substituents is 1. The Kier molecular flexibility index (Phi) is 3.31. The third kappa shape index (κ3) is 2.71. The van der Waals surface area contributed by atoms with Gasteiger partial charge in [-0.3, -0.25) is 4.79 Å². The highest BCUT2D eigenvalue weighted by atomic mass is 35.5. The van der Waals surface area contributed by atoms with Crippen LogP contribution in [0.25, 0.3) is 11.0 Å². The molecule has 21 heavy (non-hydrogen) atoms. The molecule has 0 aliphatic heterocycles. The molecular formula is C16H12ClNO3. The maximum absolute atomic E-state index is 12.2. The molecule has 2 aromatic carbocycles. The van der Waals surface area contributed by atoms with Gasteiger partial charge >= 0.3 is 0 Å². The van der Waals surface area contributed by atoms with Crippen LogP contribution in [0, 0.1) is 6.92 Å². The smallest absolute Gasteiger partial charge is 0.291 e. The Morgan fingerprint density at radius 1 is 1.19 bits per heavy atom. The summed E-state index contributed by atoms with van der Waals surface area (Å²) in [5, 5.41) is 13.6. The van der Waals surface area contributed by atoms with Crippen molar-refractivity contribution in [2.24, 2.45) is 0 Å². The van der Waals surface area contributed by atoms with E-state index in [4.69, 9.17) is 16.0 Å². The lowest BCUT2D eigenvalue weighted by Gasteiger charge is -2.05. The second kappa shape index (κ2) is 5.14. The first-order valence-corrected chi connectivity index (χ1v) is 6.71. The van der Waals surface area contributed by atoms with Gasteiger partial charge in [-0.15, -0.1) is 0 Å². The predicted octanol–water partition coefficient (Wildman–Crippen LogP) is 4.35. The quantitative estimate of drug-likeness (QED) is 0.692. The summed E-state index contributed by atoms with van der Waals surface area (Å²) in [6.45, 7) is 1.97. The molecule has 3 rings (SSSR count). The minimum atomic E-state index is -0.443. The highest BCUT2D eigenvalue weighted by Gasteiger charge is 2.14. The molecule has 0 saturated carbocycles. The summed E-state index contributed by atoms with van der Waals surface area (Å²) in [5.74, 6) is -0.323. The third-order valence-corrected chi connectivity index (χ3v) is 3.34. The van der Waals surface area contributed by atoms with Crippen LogP contribution in [0.4, 0.5) is 5.69 Å². The number of aryl methyl sites for hydroxylation is 1. The molecule has 3 aromatic rings. The molecule has 1 amide bonds. The lowest BCUT2D eigenvalue weighted by molar-refractivity contribution is 0.0998. The number of rotatable bonds is 2. The Hall–Kier alpha value is -2.46. The summed E-state index contributed by atoms with van der Waals surface area (Å²) in [7, 11) is 0. The number of nitrogens with one attached hydrogen (secondary N) is 1. The average Bonchev–Trinajstić information content (AvgIpc) is 2.86. The monoisotopic (exact) mass is 301 g/mol. The lowest BCUT2D eigenvalue weighted by Crippen LogP contribution is -2.10. The number of hydrogen-bond donors (Lipinski definition) is 2. The average molecular weight is 302 g/mol. The lowest BCUT2D eigenvalue weighted by atomic mass is 10.2. The van der Waals surface area contributed by atoms with Crippen LogP contribution in [-0.4, -0.2) is 11.0 Å². The van der Waals surface area contributed by atoms with E-state index < -0.39 is 5.91 Å². The number of aromatic hydroxyl groups is 1. The van der Waals surface area contributed by atoms with Crippen LogP contribution in [0.2, 0.25) is 5.02 Å². The summed E-state index contributed by atoms with van der Waals surface area (Å²) in [6.07, 6.45) is 0. The molecule has 0 spiro atoms. The van der Waals surface area contributed by atoms with Gasteiger partial charge in [-0.05, 0) is 43.3 Å². The summed E-state index contributed by atoms with van der Waals surface area (Å²) >= 11 is 5.84. The van der Waals surface area contributed by atoms with E-state index >= 15 is 0 Å². The summed E-state index contributed by atoms with van der Waals surface area (Å²) in [4.78, 5) is 12.2. The van der Waals surface area contributed by atoms with Gasteiger partial charge in [-0.2, -0.15) is 0 Å². The van der Waals surface area contributed by atoms with E-state index in [0.29, 0.717) is 10.6 Å². The van der Waals surface area contributed by atoms with Gasteiger partial charge in [-0.25, -0.2) is 0 Å². The van der Waals surface area contributed by atoms with Crippen molar-refractivity contribution in [2.45, 2.75) is 6.92 Å². The number of fused-ring (bicyclic) bond motifs is 1. The van der Waals surface area contributed by atoms with E-state index in [2.05, 4.69) is 5.32 Å². The number of amides is 1. The number of hydrogen-bond acceptors (Lipinski definition) is 3. The maximum atomic E-state index is 12.2. The highest BCUT2D eigenvalue weighted by Crippen LogP contribution is 2.28. The zero-order valence-corrected chi connectivity index (χ0v) is 11.9. The first-order chi connectivity index (χ1) is 10.0. The molecular weight excluding hydrogens is 290 g/mol. The first kappa shape index (κ1) is 13.5. The van der Waals surface area contributed by atoms with E-state index in [1.54, 1.807) is 6.07 Å². The standard InChI is InChI=1S/C16H12ClNO3/c1-9-2-5-14-10(6-9)7-15(21-14)16(20)18-12-8-11(17)3-4-13(12)19/h2-8,19H,1H3,(H,18,20). The predicted molar refractivity (Wildman–Crippen MR) is 82.0 cm³/mol. The molecule has 0 fully saturated rings. The van der Waals surface area contributed by atoms with Gasteiger partial charge in [0.25, 0.3) is 5.91 Å². The molecule has 0 aliphatic rings. The highest BCUT2D eigenvalue weighted by molar-refractivity contribution is 6.31. The Morgan fingerprint density at radius 3 is 2.81 bits per heavy atom. The Balaban J connectivity index is 1.91. The van der Waals surface area contributed by atoms with Crippen LogP contribution in [0.3, 0.4) is 0 Å². The summed E-state index contributed by atoms with van der Waals surface area (Å²) in [5.41, 5.74) is 1.97. The molecule has 106 valence electrons. The van der Waals surface area contributed by atoms with Gasteiger partial charge in [-0.1, -0.05) is 23.2 Å². The number of furan rings is 1. The van der Waals surface area contributed by atoms with Crippen LogP contribution in [0.1, 0.15) is 16.1 Å². The topological polar surface area (TPSA) is 62.5 Å². The minimum Gasteiger partial charge on any atom is -0.506 e. The van der Waals surface area contributed by atoms with Crippen LogP contribution in [0.15, 0.2) is 46.9 Å². The largest absolute Gasteiger partial charge is 0.506 e. The molecule has 0 aliphatic carbocycles. The van der Waals surface area contributed by atoms with Crippen molar-refractivity contribution < 1.29 is 14.3 Å². The van der Waals surface area contributed by atoms with Gasteiger partial charge in [0.05, 0.1) is 5.69 Å². The van der Waals surface area contributed by atoms with Gasteiger partial charge in [0.2, 0.25) is 0 Å². The molecule has 5 heteroatoms. The number of phenols is 1. The Labute approximate surface area is 126 Å². The fraction of sp³-hybridized carbons (Fsp3) is 0.0625. The summed E-state index contributed by atoms with van der Waals surface area (Å²) in [6, 6.07) is 11.8. The maximum Gasteiger partial charge on any atom is 0.291 e. The van der Waals surface area contributed by atoms with Crippen molar-refractivity contribution in [1.82, 2.24) is 0 Å². The van der Waals surface area contributed by atoms with Crippen molar-refractivity contribution in [1.29, 1.82) is 0 Å². The molecule has 2 N–H and O–H groups in total. The Morgan fingerprint density at radius 2 is 2.00 bits per heavy atom. The molecule has 0 atom stereocenters. The summed E-state index contributed by atoms with van der Waals surface area (Å²) < 4.78 is 5.50. The second-order valence-electron chi connectivity index (χ2n) is 4.77. The van der Waals surface area contributed by atoms with Crippen LogP contribution in [-0.2, 0) is 0 Å². The van der Waals surface area contributed by atoms with Crippen molar-refractivity contribution >= 4 is 34.2 Å². The molecule has 0 radical (unpaired) electrons. The number of benzene rings is 2. The van der Waals surface area contributed by atoms with E-state index in [0.717, 1.165) is 10.9 Å². The van der Waals surface area contributed by atoms with E-state index in [1.807, 2.05) is 25.1 Å². The van der Waals surface area contributed by atoms with Crippen molar-refractivity contribution in [3.63, 3.8) is 0 Å². The fourth-order valence-electron chi connectivity index (χ4n) is 2.07. The van der Waals surface area contributed by atoms with Gasteiger partial charge < -0.3 is 14.8 Å². The molecule has 4 nitrogen and oxygen atoms in total. The molecule has 1 heterocycles. The second-order valence-corrected chi connectivity index (χ2v) is 5.20. The SMILES string of the molecule is Cc1ccc2oc(C(=O)Nc3cc(Cl)ccc3O)cc2c1. The molecule has 0 unspecified atom stereocenters.